The van der Waals surface area contributed by atoms with Crippen LogP contribution in [0, 0.1) is 5.41 Å². The molecule has 0 saturated carbocycles. The van der Waals surface area contributed by atoms with Gasteiger partial charge in [-0.25, -0.2) is 0 Å². The summed E-state index contributed by atoms with van der Waals surface area (Å²) in [6, 6.07) is 6.14. The summed E-state index contributed by atoms with van der Waals surface area (Å²) in [7, 11) is 1.69. The van der Waals surface area contributed by atoms with Crippen molar-refractivity contribution >= 4 is 0 Å². The maximum atomic E-state index is 5.92. The predicted molar refractivity (Wildman–Crippen MR) is 80.2 cm³/mol. The van der Waals surface area contributed by atoms with Gasteiger partial charge in [-0.2, -0.15) is 0 Å². The third kappa shape index (κ3) is 5.11. The summed E-state index contributed by atoms with van der Waals surface area (Å²) in [5.41, 5.74) is 1.36. The molecule has 0 saturated heterocycles. The van der Waals surface area contributed by atoms with Crippen LogP contribution in [0.2, 0.25) is 0 Å². The van der Waals surface area contributed by atoms with Gasteiger partial charge in [0.15, 0.2) is 11.5 Å². The largest absolute Gasteiger partial charge is 0.493 e. The molecule has 3 nitrogen and oxygen atoms in total. The Balaban J connectivity index is 2.66. The molecular formula is C16H27NO2. The van der Waals surface area contributed by atoms with Crippen molar-refractivity contribution < 1.29 is 9.47 Å². The van der Waals surface area contributed by atoms with Crippen molar-refractivity contribution in [3.63, 3.8) is 0 Å². The number of aryl methyl sites for hydroxylation is 1. The highest BCUT2D eigenvalue weighted by Crippen LogP contribution is 2.29. The average Bonchev–Trinajstić information content (AvgIpc) is 2.42. The number of hydrogen-bond acceptors (Lipinski definition) is 3. The van der Waals surface area contributed by atoms with Gasteiger partial charge in [-0.05, 0) is 30.7 Å². The topological polar surface area (TPSA) is 30.5 Å². The van der Waals surface area contributed by atoms with E-state index in [1.54, 1.807) is 7.11 Å². The van der Waals surface area contributed by atoms with Crippen LogP contribution in [0.25, 0.3) is 0 Å². The molecular weight excluding hydrogens is 238 g/mol. The fourth-order valence-electron chi connectivity index (χ4n) is 1.84. The van der Waals surface area contributed by atoms with Gasteiger partial charge >= 0.3 is 0 Å². The summed E-state index contributed by atoms with van der Waals surface area (Å²) in [6.45, 7) is 11.2. The van der Waals surface area contributed by atoms with Crippen LogP contribution in [0.1, 0.15) is 33.3 Å². The van der Waals surface area contributed by atoms with E-state index in [1.807, 2.05) is 12.1 Å². The molecule has 0 amide bonds. The molecule has 0 atom stereocenters. The summed E-state index contributed by atoms with van der Waals surface area (Å²) in [4.78, 5) is 0. The molecule has 3 heteroatoms. The normalized spacial score (nSPS) is 11.4. The first-order valence-corrected chi connectivity index (χ1v) is 7.03. The Morgan fingerprint density at radius 3 is 2.47 bits per heavy atom. The van der Waals surface area contributed by atoms with Crippen LogP contribution in [0.3, 0.4) is 0 Å². The molecule has 19 heavy (non-hydrogen) atoms. The SMILES string of the molecule is CCNCC(C)(C)COc1ccc(CC)cc1OC. The first-order valence-electron chi connectivity index (χ1n) is 7.03. The van der Waals surface area contributed by atoms with E-state index in [0.29, 0.717) is 6.61 Å². The summed E-state index contributed by atoms with van der Waals surface area (Å²) in [5.74, 6) is 1.64. The van der Waals surface area contributed by atoms with Crippen LogP contribution in [0.4, 0.5) is 0 Å². The van der Waals surface area contributed by atoms with Crippen LogP contribution in [-0.4, -0.2) is 26.8 Å². The maximum absolute atomic E-state index is 5.92. The number of nitrogens with one attached hydrogen (secondary N) is 1. The van der Waals surface area contributed by atoms with Gasteiger partial charge in [-0.3, -0.25) is 0 Å². The summed E-state index contributed by atoms with van der Waals surface area (Å²) in [6.07, 6.45) is 1.00. The van der Waals surface area contributed by atoms with Crippen molar-refractivity contribution in [1.82, 2.24) is 5.32 Å². The average molecular weight is 265 g/mol. The zero-order valence-electron chi connectivity index (χ0n) is 12.9. The van der Waals surface area contributed by atoms with Crippen molar-refractivity contribution in [2.75, 3.05) is 26.8 Å². The molecule has 0 radical (unpaired) electrons. The van der Waals surface area contributed by atoms with Gasteiger partial charge in [-0.15, -0.1) is 0 Å². The van der Waals surface area contributed by atoms with Crippen LogP contribution < -0.4 is 14.8 Å². The molecule has 0 spiro atoms. The van der Waals surface area contributed by atoms with E-state index in [0.717, 1.165) is 31.0 Å². The molecule has 0 aliphatic heterocycles. The van der Waals surface area contributed by atoms with Gasteiger partial charge in [0.05, 0.1) is 13.7 Å². The van der Waals surface area contributed by atoms with Crippen molar-refractivity contribution in [3.05, 3.63) is 23.8 Å². The van der Waals surface area contributed by atoms with Crippen molar-refractivity contribution in [1.29, 1.82) is 0 Å². The molecule has 1 N–H and O–H groups in total. The van der Waals surface area contributed by atoms with E-state index >= 15 is 0 Å². The first-order chi connectivity index (χ1) is 9.02. The van der Waals surface area contributed by atoms with Gasteiger partial charge in [0.2, 0.25) is 0 Å². The van der Waals surface area contributed by atoms with Crippen LogP contribution in [0.15, 0.2) is 18.2 Å². The van der Waals surface area contributed by atoms with E-state index in [1.165, 1.54) is 5.56 Å². The van der Waals surface area contributed by atoms with Gasteiger partial charge in [-0.1, -0.05) is 33.8 Å². The first kappa shape index (κ1) is 15.8. The highest BCUT2D eigenvalue weighted by atomic mass is 16.5. The monoisotopic (exact) mass is 265 g/mol. The molecule has 0 aliphatic rings. The Hall–Kier alpha value is -1.22. The molecule has 108 valence electrons. The second-order valence-corrected chi connectivity index (χ2v) is 5.57. The highest BCUT2D eigenvalue weighted by molar-refractivity contribution is 5.43. The molecule has 1 aromatic carbocycles. The zero-order valence-corrected chi connectivity index (χ0v) is 12.9. The molecule has 1 rings (SSSR count). The minimum Gasteiger partial charge on any atom is -0.493 e. The molecule has 0 aliphatic carbocycles. The zero-order chi connectivity index (χ0) is 14.3. The van der Waals surface area contributed by atoms with E-state index in [-0.39, 0.29) is 5.41 Å². The summed E-state index contributed by atoms with van der Waals surface area (Å²) in [5, 5.41) is 3.36. The number of benzene rings is 1. The molecule has 1 aromatic rings. The number of methoxy groups -OCH3 is 1. The van der Waals surface area contributed by atoms with E-state index in [4.69, 9.17) is 9.47 Å². The van der Waals surface area contributed by atoms with Crippen molar-refractivity contribution in [2.24, 2.45) is 5.41 Å². The lowest BCUT2D eigenvalue weighted by Crippen LogP contribution is -2.34. The summed E-state index contributed by atoms with van der Waals surface area (Å²) < 4.78 is 11.3. The smallest absolute Gasteiger partial charge is 0.161 e. The van der Waals surface area contributed by atoms with Gasteiger partial charge in [0, 0.05) is 12.0 Å². The van der Waals surface area contributed by atoms with Crippen molar-refractivity contribution in [2.45, 2.75) is 34.1 Å². The number of rotatable bonds is 8. The fourth-order valence-corrected chi connectivity index (χ4v) is 1.84. The minimum absolute atomic E-state index is 0.102. The standard InChI is InChI=1S/C16H27NO2/c1-6-13-8-9-14(15(10-13)18-5)19-12-16(3,4)11-17-7-2/h8-10,17H,6-7,11-12H2,1-5H3. The third-order valence-corrected chi connectivity index (χ3v) is 3.11. The van der Waals surface area contributed by atoms with Crippen LogP contribution >= 0.6 is 0 Å². The predicted octanol–water partition coefficient (Wildman–Crippen LogP) is 3.27. The lowest BCUT2D eigenvalue weighted by molar-refractivity contribution is 0.172. The molecule has 0 bridgehead atoms. The van der Waals surface area contributed by atoms with Gasteiger partial charge in [0.1, 0.15) is 0 Å². The van der Waals surface area contributed by atoms with Crippen molar-refractivity contribution in [3.8, 4) is 11.5 Å². The van der Waals surface area contributed by atoms with Gasteiger partial charge in [0.25, 0.3) is 0 Å². The van der Waals surface area contributed by atoms with Gasteiger partial charge < -0.3 is 14.8 Å². The maximum Gasteiger partial charge on any atom is 0.161 e. The molecule has 0 aromatic heterocycles. The Morgan fingerprint density at radius 1 is 1.16 bits per heavy atom. The number of ether oxygens (including phenoxy) is 2. The lowest BCUT2D eigenvalue weighted by atomic mass is 9.95. The van der Waals surface area contributed by atoms with E-state index in [9.17, 15) is 0 Å². The molecule has 0 unspecified atom stereocenters. The quantitative estimate of drug-likeness (QED) is 0.782. The molecule has 0 fully saturated rings. The molecule has 0 heterocycles. The Kier molecular flexibility index (Phi) is 6.16. The fraction of sp³-hybridized carbons (Fsp3) is 0.625. The number of hydrogen-bond donors (Lipinski definition) is 1. The highest BCUT2D eigenvalue weighted by Gasteiger charge is 2.19. The Bertz CT molecular complexity index is 388. The van der Waals surface area contributed by atoms with Crippen LogP contribution in [0.5, 0.6) is 11.5 Å². The Labute approximate surface area is 117 Å². The van der Waals surface area contributed by atoms with Crippen LogP contribution in [-0.2, 0) is 6.42 Å². The summed E-state index contributed by atoms with van der Waals surface area (Å²) >= 11 is 0. The third-order valence-electron chi connectivity index (χ3n) is 3.11. The van der Waals surface area contributed by atoms with E-state index < -0.39 is 0 Å². The van der Waals surface area contributed by atoms with E-state index in [2.05, 4.69) is 39.1 Å². The Morgan fingerprint density at radius 2 is 1.89 bits per heavy atom. The second-order valence-electron chi connectivity index (χ2n) is 5.57. The lowest BCUT2D eigenvalue weighted by Gasteiger charge is -2.25. The minimum atomic E-state index is 0.102. The second kappa shape index (κ2) is 7.39.